The van der Waals surface area contributed by atoms with E-state index in [1.165, 1.54) is 11.0 Å². The highest BCUT2D eigenvalue weighted by Crippen LogP contribution is 2.25. The molecule has 0 amide bonds. The van der Waals surface area contributed by atoms with Crippen LogP contribution in [0.2, 0.25) is 0 Å². The zero-order chi connectivity index (χ0) is 14.4. The fourth-order valence-corrected chi connectivity index (χ4v) is 2.43. The fourth-order valence-electron chi connectivity index (χ4n) is 1.70. The SMILES string of the molecule is CCOC(=O)/C(C#N)=C/c1ccc(-c2cccs2)cc1. The molecular weight excluding hydrogens is 270 g/mol. The first kappa shape index (κ1) is 14.0. The van der Waals surface area contributed by atoms with Gasteiger partial charge in [-0.15, -0.1) is 11.3 Å². The van der Waals surface area contributed by atoms with E-state index >= 15 is 0 Å². The van der Waals surface area contributed by atoms with E-state index < -0.39 is 5.97 Å². The highest BCUT2D eigenvalue weighted by atomic mass is 32.1. The van der Waals surface area contributed by atoms with E-state index in [2.05, 4.69) is 6.07 Å². The number of benzene rings is 1. The van der Waals surface area contributed by atoms with Crippen LogP contribution in [0.3, 0.4) is 0 Å². The van der Waals surface area contributed by atoms with Crippen LogP contribution >= 0.6 is 11.3 Å². The number of esters is 1. The summed E-state index contributed by atoms with van der Waals surface area (Å²) < 4.78 is 4.82. The lowest BCUT2D eigenvalue weighted by Crippen LogP contribution is -2.05. The lowest BCUT2D eigenvalue weighted by Gasteiger charge is -2.01. The van der Waals surface area contributed by atoms with Crippen molar-refractivity contribution in [1.29, 1.82) is 5.26 Å². The Bertz CT molecular complexity index is 649. The molecule has 0 bridgehead atoms. The lowest BCUT2D eigenvalue weighted by molar-refractivity contribution is -0.137. The predicted molar refractivity (Wildman–Crippen MR) is 80.0 cm³/mol. The molecule has 0 unspecified atom stereocenters. The summed E-state index contributed by atoms with van der Waals surface area (Å²) in [6, 6.07) is 13.6. The van der Waals surface area contributed by atoms with Crippen molar-refractivity contribution in [3.8, 4) is 16.5 Å². The Balaban J connectivity index is 2.22. The third kappa shape index (κ3) is 3.34. The summed E-state index contributed by atoms with van der Waals surface area (Å²) in [5.41, 5.74) is 1.93. The molecule has 0 atom stereocenters. The standard InChI is InChI=1S/C16H13NO2S/c1-2-19-16(18)14(11-17)10-12-5-7-13(8-6-12)15-4-3-9-20-15/h3-10H,2H2,1H3/b14-10+. The van der Waals surface area contributed by atoms with E-state index in [1.54, 1.807) is 18.3 Å². The van der Waals surface area contributed by atoms with E-state index in [0.717, 1.165) is 11.1 Å². The van der Waals surface area contributed by atoms with E-state index in [4.69, 9.17) is 10.00 Å². The zero-order valence-electron chi connectivity index (χ0n) is 11.0. The van der Waals surface area contributed by atoms with Crippen LogP contribution < -0.4 is 0 Å². The van der Waals surface area contributed by atoms with Crippen molar-refractivity contribution in [1.82, 2.24) is 0 Å². The van der Waals surface area contributed by atoms with Crippen LogP contribution in [0.25, 0.3) is 16.5 Å². The molecule has 0 N–H and O–H groups in total. The molecule has 1 heterocycles. The number of nitriles is 1. The van der Waals surface area contributed by atoms with Gasteiger partial charge in [0.25, 0.3) is 0 Å². The molecule has 0 spiro atoms. The summed E-state index contributed by atoms with van der Waals surface area (Å²) in [7, 11) is 0. The number of rotatable bonds is 4. The van der Waals surface area contributed by atoms with Crippen LogP contribution in [-0.4, -0.2) is 12.6 Å². The van der Waals surface area contributed by atoms with Crippen molar-refractivity contribution in [2.45, 2.75) is 6.92 Å². The van der Waals surface area contributed by atoms with E-state index in [0.29, 0.717) is 0 Å². The summed E-state index contributed by atoms with van der Waals surface area (Å²) in [4.78, 5) is 12.7. The lowest BCUT2D eigenvalue weighted by atomic mass is 10.1. The van der Waals surface area contributed by atoms with Crippen LogP contribution in [0.15, 0.2) is 47.4 Å². The van der Waals surface area contributed by atoms with Gasteiger partial charge in [0.2, 0.25) is 0 Å². The molecule has 1 aromatic carbocycles. The molecule has 0 aliphatic heterocycles. The van der Waals surface area contributed by atoms with Gasteiger partial charge < -0.3 is 4.74 Å². The minimum Gasteiger partial charge on any atom is -0.462 e. The van der Waals surface area contributed by atoms with E-state index in [1.807, 2.05) is 41.8 Å². The van der Waals surface area contributed by atoms with Gasteiger partial charge in [-0.25, -0.2) is 4.79 Å². The van der Waals surface area contributed by atoms with Gasteiger partial charge in [0.15, 0.2) is 0 Å². The highest BCUT2D eigenvalue weighted by molar-refractivity contribution is 7.13. The van der Waals surface area contributed by atoms with Crippen molar-refractivity contribution in [2.24, 2.45) is 0 Å². The van der Waals surface area contributed by atoms with Crippen LogP contribution in [0.1, 0.15) is 12.5 Å². The average molecular weight is 283 g/mol. The zero-order valence-corrected chi connectivity index (χ0v) is 11.8. The summed E-state index contributed by atoms with van der Waals surface area (Å²) >= 11 is 1.67. The van der Waals surface area contributed by atoms with Gasteiger partial charge in [-0.2, -0.15) is 5.26 Å². The number of carbonyl (C=O) groups excluding carboxylic acids is 1. The van der Waals surface area contributed by atoms with Crippen molar-refractivity contribution in [2.75, 3.05) is 6.61 Å². The van der Waals surface area contributed by atoms with Crippen molar-refractivity contribution >= 4 is 23.4 Å². The van der Waals surface area contributed by atoms with Crippen LogP contribution in [0.4, 0.5) is 0 Å². The van der Waals surface area contributed by atoms with Crippen molar-refractivity contribution in [3.05, 3.63) is 52.9 Å². The normalized spacial score (nSPS) is 10.9. The molecule has 20 heavy (non-hydrogen) atoms. The molecule has 1 aromatic heterocycles. The van der Waals surface area contributed by atoms with Gasteiger partial charge in [0, 0.05) is 4.88 Å². The molecule has 3 nitrogen and oxygen atoms in total. The van der Waals surface area contributed by atoms with Gasteiger partial charge in [-0.1, -0.05) is 30.3 Å². The van der Waals surface area contributed by atoms with Gasteiger partial charge in [0.1, 0.15) is 11.6 Å². The average Bonchev–Trinajstić information content (AvgIpc) is 3.00. The largest absolute Gasteiger partial charge is 0.462 e. The number of nitrogens with zero attached hydrogens (tertiary/aromatic N) is 1. The first-order valence-electron chi connectivity index (χ1n) is 6.17. The van der Waals surface area contributed by atoms with Gasteiger partial charge in [-0.05, 0) is 35.6 Å². The number of ether oxygens (including phenoxy) is 1. The molecule has 0 fully saturated rings. The minimum atomic E-state index is -0.586. The second-order valence-electron chi connectivity index (χ2n) is 3.99. The molecule has 2 rings (SSSR count). The second-order valence-corrected chi connectivity index (χ2v) is 4.94. The first-order chi connectivity index (χ1) is 9.74. The summed E-state index contributed by atoms with van der Waals surface area (Å²) in [5.74, 6) is -0.586. The molecule has 0 saturated heterocycles. The quantitative estimate of drug-likeness (QED) is 0.486. The third-order valence-electron chi connectivity index (χ3n) is 2.64. The topological polar surface area (TPSA) is 50.1 Å². The maximum absolute atomic E-state index is 11.5. The second kappa shape index (κ2) is 6.69. The third-order valence-corrected chi connectivity index (χ3v) is 3.56. The summed E-state index contributed by atoms with van der Waals surface area (Å²) in [6.07, 6.45) is 1.54. The Morgan fingerprint density at radius 3 is 2.65 bits per heavy atom. The molecule has 0 aliphatic carbocycles. The summed E-state index contributed by atoms with van der Waals surface area (Å²) in [5, 5.41) is 11.0. The van der Waals surface area contributed by atoms with Crippen LogP contribution in [0.5, 0.6) is 0 Å². The monoisotopic (exact) mass is 283 g/mol. The van der Waals surface area contributed by atoms with Gasteiger partial charge >= 0.3 is 5.97 Å². The van der Waals surface area contributed by atoms with Gasteiger partial charge in [0.05, 0.1) is 6.61 Å². The highest BCUT2D eigenvalue weighted by Gasteiger charge is 2.09. The molecule has 100 valence electrons. The smallest absolute Gasteiger partial charge is 0.348 e. The Kier molecular flexibility index (Phi) is 4.70. The molecule has 4 heteroatoms. The van der Waals surface area contributed by atoms with Crippen molar-refractivity contribution < 1.29 is 9.53 Å². The molecule has 0 saturated carbocycles. The Labute approximate surface area is 121 Å². The first-order valence-corrected chi connectivity index (χ1v) is 7.05. The van der Waals surface area contributed by atoms with Crippen LogP contribution in [-0.2, 0) is 9.53 Å². The molecule has 0 aliphatic rings. The molecular formula is C16H13NO2S. The maximum atomic E-state index is 11.5. The Morgan fingerprint density at radius 1 is 1.35 bits per heavy atom. The minimum absolute atomic E-state index is 0.00993. The molecule has 0 radical (unpaired) electrons. The Hall–Kier alpha value is -2.38. The van der Waals surface area contributed by atoms with Gasteiger partial charge in [-0.3, -0.25) is 0 Å². The van der Waals surface area contributed by atoms with E-state index in [9.17, 15) is 4.79 Å². The number of hydrogen-bond acceptors (Lipinski definition) is 4. The predicted octanol–water partition coefficient (Wildman–Crippen LogP) is 3.89. The number of thiophene rings is 1. The van der Waals surface area contributed by atoms with Crippen LogP contribution in [0, 0.1) is 11.3 Å². The fraction of sp³-hybridized carbons (Fsp3) is 0.125. The van der Waals surface area contributed by atoms with Crippen molar-refractivity contribution in [3.63, 3.8) is 0 Å². The molecule has 2 aromatic rings. The summed E-state index contributed by atoms with van der Waals surface area (Å²) in [6.45, 7) is 1.97. The van der Waals surface area contributed by atoms with E-state index in [-0.39, 0.29) is 12.2 Å². The number of carbonyl (C=O) groups is 1. The maximum Gasteiger partial charge on any atom is 0.348 e. The number of hydrogen-bond donors (Lipinski definition) is 0. The Morgan fingerprint density at radius 2 is 2.10 bits per heavy atom.